The summed E-state index contributed by atoms with van der Waals surface area (Å²) in [5.74, 6) is -1.36. The summed E-state index contributed by atoms with van der Waals surface area (Å²) in [5.41, 5.74) is 0.469. The molecule has 5 atom stereocenters. The maximum atomic E-state index is 14.1. The van der Waals surface area contributed by atoms with E-state index in [0.717, 1.165) is 5.56 Å². The van der Waals surface area contributed by atoms with E-state index in [1.54, 1.807) is 0 Å². The Morgan fingerprint density at radius 1 is 1.10 bits per heavy atom. The maximum absolute atomic E-state index is 14.1. The molecule has 39 heavy (non-hydrogen) atoms. The van der Waals surface area contributed by atoms with Crippen molar-refractivity contribution in [3.05, 3.63) is 48.0 Å². The Kier molecular flexibility index (Phi) is 9.53. The minimum Gasteiger partial charge on any atom is -0.460 e. The number of nitrogens with zero attached hydrogens (tertiary/aromatic N) is 1. The predicted octanol–water partition coefficient (Wildman–Crippen LogP) is 6.53. The molecule has 0 spiro atoms. The zero-order valence-corrected chi connectivity index (χ0v) is 26.2. The molecule has 1 aromatic carbocycles. The number of amides is 2. The van der Waals surface area contributed by atoms with Gasteiger partial charge in [-0.05, 0) is 69.1 Å². The lowest BCUT2D eigenvalue weighted by atomic mass is 9.82. The van der Waals surface area contributed by atoms with Gasteiger partial charge in [-0.15, -0.1) is 0 Å². The number of carbonyl (C=O) groups excluding carboxylic acids is 3. The number of carbonyl (C=O) groups is 3. The van der Waals surface area contributed by atoms with Crippen LogP contribution < -0.4 is 0 Å². The number of cyclic esters (lactones) is 1. The van der Waals surface area contributed by atoms with Crippen molar-refractivity contribution in [3.63, 3.8) is 0 Å². The Bertz CT molecular complexity index is 1060. The average molecular weight is 558 g/mol. The summed E-state index contributed by atoms with van der Waals surface area (Å²) in [7, 11) is -2.32. The molecule has 0 N–H and O–H groups in total. The van der Waals surface area contributed by atoms with Crippen LogP contribution in [0, 0.1) is 17.8 Å². The first-order valence-corrected chi connectivity index (χ1v) is 17.0. The molecule has 8 heteroatoms. The van der Waals surface area contributed by atoms with Gasteiger partial charge in [0.25, 0.3) is 0 Å². The molecule has 0 bridgehead atoms. The molecule has 1 fully saturated rings. The third kappa shape index (κ3) is 7.81. The first-order valence-electron chi connectivity index (χ1n) is 14.1. The van der Waals surface area contributed by atoms with E-state index in [2.05, 4.69) is 46.0 Å². The molecule has 0 unspecified atom stereocenters. The lowest BCUT2D eigenvalue weighted by Gasteiger charge is -2.44. The highest BCUT2D eigenvalue weighted by Crippen LogP contribution is 2.43. The fourth-order valence-electron chi connectivity index (χ4n) is 5.10. The first-order chi connectivity index (χ1) is 18.0. The van der Waals surface area contributed by atoms with Gasteiger partial charge >= 0.3 is 12.1 Å². The van der Waals surface area contributed by atoms with Crippen LogP contribution in [0.3, 0.4) is 0 Å². The average Bonchev–Trinajstić information content (AvgIpc) is 3.41. The predicted molar refractivity (Wildman–Crippen MR) is 155 cm³/mol. The number of rotatable bonds is 9. The summed E-state index contributed by atoms with van der Waals surface area (Å²) in [6.45, 7) is 18.5. The molecule has 0 saturated carbocycles. The van der Waals surface area contributed by atoms with E-state index in [0.29, 0.717) is 12.8 Å². The molecule has 2 aliphatic rings. The fourth-order valence-corrected chi connectivity index (χ4v) is 6.52. The minimum atomic E-state index is -2.32. The molecule has 1 aromatic rings. The standard InChI is InChI=1S/C31H47NO6Si/c1-21(28(34)32-24(20-36-29(32)35)18-22-14-11-10-12-15-22)27(38-39(8,9)31(5,6)7)25-17-13-16-23(25)19-26(33)37-30(2,3)4/h10-16,21,23-25,27H,17-20H2,1-9H3/t21-,23+,24-,25+,27-/m0/s1. The molecule has 3 rings (SSSR count). The van der Waals surface area contributed by atoms with Gasteiger partial charge in [-0.2, -0.15) is 0 Å². The number of esters is 1. The van der Waals surface area contributed by atoms with Gasteiger partial charge in [0.1, 0.15) is 12.2 Å². The van der Waals surface area contributed by atoms with Gasteiger partial charge in [0, 0.05) is 0 Å². The summed E-state index contributed by atoms with van der Waals surface area (Å²) in [6.07, 6.45) is 4.50. The SMILES string of the molecule is C[C@H](C(=O)N1C(=O)OC[C@@H]1Cc1ccccc1)[C@H](O[Si](C)(C)C(C)(C)C)[C@@H]1CC=C[C@@H]1CC(=O)OC(C)(C)C. The highest BCUT2D eigenvalue weighted by atomic mass is 28.4. The minimum absolute atomic E-state index is 0.0802. The van der Waals surface area contributed by atoms with Crippen LogP contribution >= 0.6 is 0 Å². The quantitative estimate of drug-likeness (QED) is 0.195. The number of hydrogen-bond donors (Lipinski definition) is 0. The van der Waals surface area contributed by atoms with E-state index in [1.807, 2.05) is 58.0 Å². The van der Waals surface area contributed by atoms with Gasteiger partial charge in [0.05, 0.1) is 24.5 Å². The molecule has 0 radical (unpaired) electrons. The van der Waals surface area contributed by atoms with Gasteiger partial charge in [-0.25, -0.2) is 9.69 Å². The monoisotopic (exact) mass is 557 g/mol. The zero-order valence-electron chi connectivity index (χ0n) is 25.2. The van der Waals surface area contributed by atoms with Gasteiger partial charge in [-0.1, -0.05) is 70.2 Å². The summed E-state index contributed by atoms with van der Waals surface area (Å²) >= 11 is 0. The van der Waals surface area contributed by atoms with Gasteiger partial charge < -0.3 is 13.9 Å². The Morgan fingerprint density at radius 3 is 2.33 bits per heavy atom. The van der Waals surface area contributed by atoms with Gasteiger partial charge in [0.2, 0.25) is 5.91 Å². The van der Waals surface area contributed by atoms with Crippen LogP contribution in [0.4, 0.5) is 4.79 Å². The largest absolute Gasteiger partial charge is 0.460 e. The van der Waals surface area contributed by atoms with Crippen LogP contribution in [0.25, 0.3) is 0 Å². The summed E-state index contributed by atoms with van der Waals surface area (Å²) in [5, 5.41) is -0.0802. The molecule has 1 aliphatic heterocycles. The third-order valence-electron chi connectivity index (χ3n) is 8.22. The van der Waals surface area contributed by atoms with Gasteiger partial charge in [-0.3, -0.25) is 9.59 Å². The van der Waals surface area contributed by atoms with Crippen LogP contribution in [0.2, 0.25) is 18.1 Å². The Balaban J connectivity index is 1.88. The second-order valence-electron chi connectivity index (χ2n) is 13.5. The Labute approximate surface area is 235 Å². The van der Waals surface area contributed by atoms with Crippen molar-refractivity contribution in [1.29, 1.82) is 0 Å². The lowest BCUT2D eigenvalue weighted by molar-refractivity contribution is -0.156. The van der Waals surface area contributed by atoms with Crippen molar-refractivity contribution in [3.8, 4) is 0 Å². The third-order valence-corrected chi connectivity index (χ3v) is 12.7. The van der Waals surface area contributed by atoms with E-state index in [1.165, 1.54) is 4.90 Å². The fraction of sp³-hybridized carbons (Fsp3) is 0.645. The van der Waals surface area contributed by atoms with Crippen molar-refractivity contribution in [1.82, 2.24) is 4.90 Å². The molecule has 7 nitrogen and oxygen atoms in total. The first kappa shape index (κ1) is 31.1. The summed E-state index contributed by atoms with van der Waals surface area (Å²) in [4.78, 5) is 41.0. The number of imide groups is 1. The lowest BCUT2D eigenvalue weighted by Crippen LogP contribution is -2.53. The van der Waals surface area contributed by atoms with Crippen molar-refractivity contribution in [2.45, 2.75) is 104 Å². The van der Waals surface area contributed by atoms with Crippen LogP contribution in [0.1, 0.15) is 66.9 Å². The second kappa shape index (κ2) is 12.0. The van der Waals surface area contributed by atoms with Crippen molar-refractivity contribution in [2.24, 2.45) is 17.8 Å². The number of ether oxygens (including phenoxy) is 2. The second-order valence-corrected chi connectivity index (χ2v) is 18.3. The van der Waals surface area contributed by atoms with Crippen molar-refractivity contribution in [2.75, 3.05) is 6.61 Å². The van der Waals surface area contributed by atoms with Gasteiger partial charge in [0.15, 0.2) is 8.32 Å². The van der Waals surface area contributed by atoms with Crippen molar-refractivity contribution < 1.29 is 28.3 Å². The molecule has 1 heterocycles. The zero-order chi connectivity index (χ0) is 29.2. The van der Waals surface area contributed by atoms with E-state index < -0.39 is 32.0 Å². The molecule has 1 saturated heterocycles. The molecule has 216 valence electrons. The van der Waals surface area contributed by atoms with E-state index >= 15 is 0 Å². The Morgan fingerprint density at radius 2 is 1.74 bits per heavy atom. The van der Waals surface area contributed by atoms with Crippen LogP contribution in [-0.2, 0) is 29.9 Å². The number of hydrogen-bond acceptors (Lipinski definition) is 6. The van der Waals surface area contributed by atoms with Crippen molar-refractivity contribution >= 4 is 26.3 Å². The van der Waals surface area contributed by atoms with Crippen LogP contribution in [0.5, 0.6) is 0 Å². The van der Waals surface area contributed by atoms with E-state index in [-0.39, 0.29) is 47.8 Å². The highest BCUT2D eigenvalue weighted by molar-refractivity contribution is 6.74. The summed E-state index contributed by atoms with van der Waals surface area (Å²) < 4.78 is 18.0. The Hall–Kier alpha value is -2.45. The smallest absolute Gasteiger partial charge is 0.416 e. The molecular formula is C31H47NO6Si. The number of allylic oxidation sites excluding steroid dienone is 2. The normalized spacial score (nSPS) is 23.5. The molecule has 2 amide bonds. The van der Waals surface area contributed by atoms with Crippen LogP contribution in [-0.4, -0.2) is 55.5 Å². The van der Waals surface area contributed by atoms with E-state index in [4.69, 9.17) is 13.9 Å². The van der Waals surface area contributed by atoms with Crippen LogP contribution in [0.15, 0.2) is 42.5 Å². The molecule has 0 aromatic heterocycles. The highest BCUT2D eigenvalue weighted by Gasteiger charge is 2.48. The maximum Gasteiger partial charge on any atom is 0.416 e. The molecular weight excluding hydrogens is 510 g/mol. The topological polar surface area (TPSA) is 82.1 Å². The van der Waals surface area contributed by atoms with E-state index in [9.17, 15) is 14.4 Å². The number of benzene rings is 1. The molecule has 1 aliphatic carbocycles. The summed E-state index contributed by atoms with van der Waals surface area (Å²) in [6, 6.07) is 9.44.